The van der Waals surface area contributed by atoms with Crippen molar-refractivity contribution in [3.05, 3.63) is 269 Å². The predicted octanol–water partition coefficient (Wildman–Crippen LogP) is 7.10. The van der Waals surface area contributed by atoms with E-state index in [0.717, 1.165) is 83.6 Å². The summed E-state index contributed by atoms with van der Waals surface area (Å²) < 4.78 is 111. The third-order valence-corrected chi connectivity index (χ3v) is 22.7. The molecule has 606 valence electrons. The quantitative estimate of drug-likeness (QED) is 0.0534. The first kappa shape index (κ1) is 80.8. The maximum absolute atomic E-state index is 12.7. The fraction of sp³-hybridized carbons (Fsp3) is 0.0513. The molecule has 0 saturated carbocycles. The van der Waals surface area contributed by atoms with Crippen molar-refractivity contribution in [1.29, 1.82) is 0 Å². The van der Waals surface area contributed by atoms with Crippen LogP contribution in [0.1, 0.15) is 5.56 Å². The molecule has 5 atom stereocenters. The number of carbonyl (C=O) groups excluding carboxylic acids is 5. The van der Waals surface area contributed by atoms with Gasteiger partial charge in [0.1, 0.15) is 12.4 Å². The molecule has 1 aromatic carbocycles. The minimum Gasteiger partial charge on any atom is -0.489 e. The average molecular weight is 1720 g/mol. The number of hydrogen-bond donors (Lipinski definition) is 5. The van der Waals surface area contributed by atoms with Crippen molar-refractivity contribution in [3.63, 3.8) is 0 Å². The molecule has 43 heteroatoms. The predicted molar refractivity (Wildman–Crippen MR) is 442 cm³/mol. The molecule has 37 nitrogen and oxygen atoms in total. The normalized spacial score (nSPS) is 16.7. The maximum atomic E-state index is 12.7. The Balaban J connectivity index is 0.000000118. The molecule has 5 aliphatic heterocycles. The van der Waals surface area contributed by atoms with Crippen LogP contribution in [0.4, 0.5) is 4.39 Å². The third kappa shape index (κ3) is 19.2. The van der Waals surface area contributed by atoms with Gasteiger partial charge in [-0.05, 0) is 78.9 Å². The van der Waals surface area contributed by atoms with Gasteiger partial charge in [0.2, 0.25) is 23.6 Å². The molecule has 5 N–H and O–H groups in total. The Bertz CT molecular complexity index is 6640. The first-order valence-corrected chi connectivity index (χ1v) is 40.9. The van der Waals surface area contributed by atoms with Crippen LogP contribution in [-0.2, 0) is 85.5 Å². The Morgan fingerprint density at radius 2 is 0.810 bits per heavy atom. The molecule has 14 aromatic rings. The number of rotatable bonds is 18. The summed E-state index contributed by atoms with van der Waals surface area (Å²) in [6, 6.07) is 34.5. The Morgan fingerprint density at radius 3 is 1.22 bits per heavy atom. The van der Waals surface area contributed by atoms with E-state index in [-0.39, 0.29) is 10.9 Å². The van der Waals surface area contributed by atoms with E-state index >= 15 is 0 Å². The number of hydrogen-bond acceptors (Lipinski definition) is 27. The van der Waals surface area contributed by atoms with Crippen molar-refractivity contribution in [2.75, 3.05) is 21.3 Å². The van der Waals surface area contributed by atoms with Gasteiger partial charge >= 0.3 is 0 Å². The van der Waals surface area contributed by atoms with Crippen LogP contribution in [-0.4, -0.2) is 161 Å². The molecule has 0 bridgehead atoms. The minimum absolute atomic E-state index is 0.256. The van der Waals surface area contributed by atoms with Crippen LogP contribution in [0.25, 0.3) is 114 Å². The van der Waals surface area contributed by atoms with E-state index in [1.165, 1.54) is 72.2 Å². The van der Waals surface area contributed by atoms with Crippen molar-refractivity contribution in [2.45, 2.75) is 6.61 Å². The van der Waals surface area contributed by atoms with Crippen molar-refractivity contribution in [2.24, 2.45) is 0 Å². The minimum atomic E-state index is -1.60. The fourth-order valence-corrected chi connectivity index (χ4v) is 15.6. The van der Waals surface area contributed by atoms with E-state index in [4.69, 9.17) is 18.9 Å². The molecular formula is C78H58FN23O14S5. The van der Waals surface area contributed by atoms with Gasteiger partial charge < -0.3 is 18.9 Å². The van der Waals surface area contributed by atoms with Crippen LogP contribution < -0.4 is 42.6 Å². The fourth-order valence-electron chi connectivity index (χ4n) is 11.5. The number of benzene rings is 1. The lowest BCUT2D eigenvalue weighted by Crippen LogP contribution is -2.17. The number of aromatic nitrogens is 18. The van der Waals surface area contributed by atoms with Crippen LogP contribution in [0.3, 0.4) is 0 Å². The standard InChI is InChI=1S/3C17H13N5O3S.C16H12N4O3S.C11H7FN4O2S/c1-25-16-5-3-12(8-19-16)14-4-2-11(7-18-14)13-9-20-22(10-13)17-6-15(23)21-26(17)24;1-25-16-6-11(4-5-18-16)14-3-2-12(8-19-14)13-9-20-22(10-13)17-7-15(23)21-26(17)24;1-25-17-13(3-2-6-18-17)14-5-4-11(8-19-14)12-9-20-22(10-12)16-7-15(23)21-26(16)24;21-15-7-16(24(22)19-15)20-9-12-6-13(3-4-14(12)18-20)23-10-11-2-1-5-17-8-11;12-9-2-1-7(4-13-9)8-5-14-16(6-8)11-3-10(17)15-19(11)18/h3*2-10H,1H3,(H,21,23);1-9H,10H2,(H,19,21);1-6H,(H,15,17). The van der Waals surface area contributed by atoms with Gasteiger partial charge in [-0.2, -0.15) is 29.9 Å². The molecule has 121 heavy (non-hydrogen) atoms. The number of carbonyl (C=O) groups is 5. The number of methoxy groups -OCH3 is 3. The van der Waals surface area contributed by atoms with Gasteiger partial charge in [-0.25, -0.2) is 64.4 Å². The monoisotopic (exact) mass is 1720 g/mol. The van der Waals surface area contributed by atoms with E-state index in [1.807, 2.05) is 97.1 Å². The van der Waals surface area contributed by atoms with E-state index in [0.29, 0.717) is 61.2 Å². The highest BCUT2D eigenvalue weighted by Gasteiger charge is 2.28. The molecule has 18 heterocycles. The Labute approximate surface area is 695 Å². The smallest absolute Gasteiger partial charge is 0.258 e. The van der Waals surface area contributed by atoms with E-state index in [1.54, 1.807) is 133 Å². The topological polar surface area (TPSA) is 460 Å². The maximum Gasteiger partial charge on any atom is 0.258 e. The molecule has 0 aliphatic carbocycles. The summed E-state index contributed by atoms with van der Waals surface area (Å²) in [4.78, 5) is 89.6. The number of amides is 5. The first-order chi connectivity index (χ1) is 58.7. The number of ether oxygens (including phenoxy) is 4. The summed E-state index contributed by atoms with van der Waals surface area (Å²) in [5, 5.41) is 23.2. The molecule has 5 unspecified atom stereocenters. The largest absolute Gasteiger partial charge is 0.489 e. The van der Waals surface area contributed by atoms with Crippen LogP contribution in [0.15, 0.2) is 257 Å². The Hall–Kier alpha value is -15.3. The summed E-state index contributed by atoms with van der Waals surface area (Å²) in [6.07, 6.45) is 36.2. The Kier molecular flexibility index (Phi) is 24.3. The SMILES string of the molecule is COc1cc(-c2ccc(-c3cnn(C4=CC(=O)NS4=O)c3)cn2)ccn1.COc1ccc(-c2ccc(-c3cnn(C4=CC(=O)NS4=O)c3)cn2)cn1.COc1ncccc1-c1ccc(-c2cnn(C3=CC(=O)NS3=O)c2)cn1.O=C1C=C(n2cc(-c3ccc(F)nc3)cn2)S(=O)N1.O=C1C=C(n2cc3cc(OCc4cccnc4)ccc3n2)S(=O)N1. The molecule has 5 amide bonds. The number of nitrogens with zero attached hydrogens (tertiary/aromatic N) is 18. The van der Waals surface area contributed by atoms with Crippen LogP contribution >= 0.6 is 0 Å². The number of fused-ring (bicyclic) bond motifs is 1. The molecule has 0 radical (unpaired) electrons. The summed E-state index contributed by atoms with van der Waals surface area (Å²) in [7, 11) is -3.25. The highest BCUT2D eigenvalue weighted by atomic mass is 32.2. The van der Waals surface area contributed by atoms with Gasteiger partial charge in [-0.15, -0.1) is 0 Å². The van der Waals surface area contributed by atoms with E-state index in [9.17, 15) is 49.4 Å². The molecule has 0 fully saturated rings. The van der Waals surface area contributed by atoms with Crippen LogP contribution in [0.5, 0.6) is 23.4 Å². The molecule has 5 aliphatic rings. The molecule has 0 spiro atoms. The number of halogens is 1. The molecular weight excluding hydrogens is 1660 g/mol. The lowest BCUT2D eigenvalue weighted by molar-refractivity contribution is -0.115. The lowest BCUT2D eigenvalue weighted by Gasteiger charge is -2.06. The second kappa shape index (κ2) is 36.4. The number of nitrogens with one attached hydrogen (secondary N) is 5. The molecule has 0 saturated heterocycles. The number of pyridine rings is 8. The second-order valence-corrected chi connectivity index (χ2v) is 30.9. The highest BCUT2D eigenvalue weighted by Crippen LogP contribution is 2.32. The van der Waals surface area contributed by atoms with Crippen LogP contribution in [0.2, 0.25) is 0 Å². The van der Waals surface area contributed by atoms with Crippen molar-refractivity contribution >= 4 is 121 Å². The summed E-state index contributed by atoms with van der Waals surface area (Å²) in [6.45, 7) is 0.418. The van der Waals surface area contributed by atoms with Gasteiger partial charge in [-0.3, -0.25) is 67.5 Å². The third-order valence-electron chi connectivity index (χ3n) is 17.3. The zero-order chi connectivity index (χ0) is 84.2. The van der Waals surface area contributed by atoms with Crippen molar-refractivity contribution < 1.29 is 68.4 Å². The summed E-state index contributed by atoms with van der Waals surface area (Å²) in [5.41, 5.74) is 12.9. The zero-order valence-corrected chi connectivity index (χ0v) is 66.7. The average Bonchev–Trinajstić information content (AvgIpc) is 1.67. The van der Waals surface area contributed by atoms with Gasteiger partial charge in [-0.1, -0.05) is 24.3 Å². The van der Waals surface area contributed by atoms with Crippen LogP contribution in [0, 0.1) is 5.95 Å². The Morgan fingerprint density at radius 1 is 0.364 bits per heavy atom. The van der Waals surface area contributed by atoms with Gasteiger partial charge in [0.25, 0.3) is 29.5 Å². The van der Waals surface area contributed by atoms with Gasteiger partial charge in [0, 0.05) is 196 Å². The van der Waals surface area contributed by atoms with Gasteiger partial charge in [0.05, 0.1) is 74.3 Å². The first-order valence-electron chi connectivity index (χ1n) is 35.2. The van der Waals surface area contributed by atoms with Gasteiger partial charge in [0.15, 0.2) is 80.1 Å². The molecule has 13 aromatic heterocycles. The van der Waals surface area contributed by atoms with Crippen molar-refractivity contribution in [1.82, 2.24) is 112 Å². The van der Waals surface area contributed by atoms with Crippen molar-refractivity contribution in [3.8, 4) is 102 Å². The van der Waals surface area contributed by atoms with E-state index in [2.05, 4.69) is 89.0 Å². The molecule has 19 rings (SSSR count). The highest BCUT2D eigenvalue weighted by molar-refractivity contribution is 7.94. The second-order valence-electron chi connectivity index (χ2n) is 25.1. The van der Waals surface area contributed by atoms with E-state index < -0.39 is 84.5 Å². The zero-order valence-electron chi connectivity index (χ0n) is 62.6. The lowest BCUT2D eigenvalue weighted by atomic mass is 10.1. The summed E-state index contributed by atoms with van der Waals surface area (Å²) >= 11 is 0. The summed E-state index contributed by atoms with van der Waals surface area (Å²) in [5.74, 6) is -0.284.